The molecule has 0 aliphatic carbocycles. The zero-order valence-electron chi connectivity index (χ0n) is 15.0. The maximum absolute atomic E-state index is 9.36. The summed E-state index contributed by atoms with van der Waals surface area (Å²) in [7, 11) is 0. The maximum Gasteiger partial charge on any atom is 0.173 e. The number of nitriles is 1. The predicted molar refractivity (Wildman–Crippen MR) is 89.3 cm³/mol. The summed E-state index contributed by atoms with van der Waals surface area (Å²) in [5.74, 6) is 0. The van der Waals surface area contributed by atoms with E-state index in [-0.39, 0.29) is 18.3 Å². The Labute approximate surface area is 141 Å². The molecule has 4 atom stereocenters. The largest absolute Gasteiger partial charge is 0.379 e. The Morgan fingerprint density at radius 2 is 1.43 bits per heavy atom. The summed E-state index contributed by atoms with van der Waals surface area (Å²) in [5, 5.41) is 9.36. The molecule has 0 radical (unpaired) electrons. The van der Waals surface area contributed by atoms with Gasteiger partial charge in [0.1, 0.15) is 18.3 Å². The molecule has 0 aromatic rings. The fraction of sp³-hybridized carbons (Fsp3) is 0.944. The van der Waals surface area contributed by atoms with E-state index in [1.165, 1.54) is 0 Å². The van der Waals surface area contributed by atoms with Crippen molar-refractivity contribution in [3.8, 4) is 6.07 Å². The lowest BCUT2D eigenvalue weighted by molar-refractivity contribution is -0.0795. The van der Waals surface area contributed by atoms with Crippen LogP contribution in [-0.4, -0.2) is 50.8 Å². The van der Waals surface area contributed by atoms with Crippen LogP contribution in [0.25, 0.3) is 0 Å². The van der Waals surface area contributed by atoms with Crippen molar-refractivity contribution >= 4 is 0 Å². The van der Waals surface area contributed by atoms with Gasteiger partial charge in [0.25, 0.3) is 0 Å². The zero-order valence-corrected chi connectivity index (χ0v) is 15.0. The van der Waals surface area contributed by atoms with Gasteiger partial charge < -0.3 is 18.9 Å². The van der Waals surface area contributed by atoms with Crippen LogP contribution in [0.2, 0.25) is 0 Å². The third-order valence-electron chi connectivity index (χ3n) is 3.98. The normalized spacial score (nSPS) is 27.2. The van der Waals surface area contributed by atoms with Crippen molar-refractivity contribution in [2.75, 3.05) is 26.4 Å². The smallest absolute Gasteiger partial charge is 0.173 e. The van der Waals surface area contributed by atoms with Gasteiger partial charge in [-0.2, -0.15) is 5.26 Å². The molecule has 0 unspecified atom stereocenters. The first kappa shape index (κ1) is 20.4. The Hall–Kier alpha value is -0.670. The van der Waals surface area contributed by atoms with Gasteiger partial charge in [-0.25, -0.2) is 0 Å². The maximum atomic E-state index is 9.36. The molecule has 1 rings (SSSR count). The van der Waals surface area contributed by atoms with Crippen molar-refractivity contribution in [2.45, 2.75) is 83.7 Å². The lowest BCUT2D eigenvalue weighted by atomic mass is 10.1. The molecule has 0 aromatic carbocycles. The zero-order chi connectivity index (χ0) is 16.9. The molecule has 1 saturated heterocycles. The van der Waals surface area contributed by atoms with Crippen molar-refractivity contribution in [1.29, 1.82) is 5.26 Å². The fourth-order valence-corrected chi connectivity index (χ4v) is 2.52. The minimum atomic E-state index is -0.571. The summed E-state index contributed by atoms with van der Waals surface area (Å²) >= 11 is 0. The van der Waals surface area contributed by atoms with Crippen LogP contribution in [-0.2, 0) is 18.9 Å². The van der Waals surface area contributed by atoms with E-state index in [4.69, 9.17) is 18.9 Å². The highest BCUT2D eigenvalue weighted by molar-refractivity contribution is 5.03. The average molecular weight is 327 g/mol. The van der Waals surface area contributed by atoms with Gasteiger partial charge in [-0.05, 0) is 19.3 Å². The van der Waals surface area contributed by atoms with E-state index in [1.807, 2.05) is 0 Å². The standard InChI is InChI=1S/C18H33NO4/c1-4-7-10-20-14-16-18(22-12-9-6-3)17(15(13-19)23-16)21-11-8-5-2/h15-18H,4-12,14H2,1-3H3/t15-,16+,17-,18+/m0/s1. The van der Waals surface area contributed by atoms with Crippen LogP contribution in [0.15, 0.2) is 0 Å². The Kier molecular flexibility index (Phi) is 11.3. The summed E-state index contributed by atoms with van der Waals surface area (Å²) in [4.78, 5) is 0. The third kappa shape index (κ3) is 7.17. The first-order valence-corrected chi connectivity index (χ1v) is 9.14. The molecule has 1 aliphatic rings. The Balaban J connectivity index is 2.59. The molecule has 0 bridgehead atoms. The molecule has 0 aromatic heterocycles. The van der Waals surface area contributed by atoms with E-state index in [0.717, 1.165) is 45.1 Å². The molecule has 0 saturated carbocycles. The highest BCUT2D eigenvalue weighted by atomic mass is 16.6. The van der Waals surface area contributed by atoms with Crippen molar-refractivity contribution in [1.82, 2.24) is 0 Å². The summed E-state index contributed by atoms with van der Waals surface area (Å²) in [6.45, 7) is 8.87. The number of unbranched alkanes of at least 4 members (excludes halogenated alkanes) is 3. The molecular weight excluding hydrogens is 294 g/mol. The number of hydrogen-bond donors (Lipinski definition) is 0. The fourth-order valence-electron chi connectivity index (χ4n) is 2.52. The van der Waals surface area contributed by atoms with Gasteiger partial charge in [-0.1, -0.05) is 40.0 Å². The van der Waals surface area contributed by atoms with Gasteiger partial charge in [0, 0.05) is 19.8 Å². The highest BCUT2D eigenvalue weighted by Crippen LogP contribution is 2.27. The quantitative estimate of drug-likeness (QED) is 0.485. The molecule has 23 heavy (non-hydrogen) atoms. The summed E-state index contributed by atoms with van der Waals surface area (Å²) in [5.41, 5.74) is 0. The van der Waals surface area contributed by atoms with Crippen LogP contribution in [0.3, 0.4) is 0 Å². The van der Waals surface area contributed by atoms with Gasteiger partial charge >= 0.3 is 0 Å². The first-order valence-electron chi connectivity index (χ1n) is 9.14. The van der Waals surface area contributed by atoms with Crippen LogP contribution < -0.4 is 0 Å². The second kappa shape index (κ2) is 12.7. The Morgan fingerprint density at radius 1 is 0.870 bits per heavy atom. The molecular formula is C18H33NO4. The van der Waals surface area contributed by atoms with Gasteiger partial charge in [0.15, 0.2) is 6.10 Å². The molecule has 5 heteroatoms. The van der Waals surface area contributed by atoms with Crippen LogP contribution >= 0.6 is 0 Å². The van der Waals surface area contributed by atoms with E-state index in [2.05, 4.69) is 26.8 Å². The average Bonchev–Trinajstić information content (AvgIpc) is 2.89. The molecule has 0 amide bonds. The molecule has 1 fully saturated rings. The van der Waals surface area contributed by atoms with Gasteiger partial charge in [0.05, 0.1) is 12.7 Å². The van der Waals surface area contributed by atoms with E-state index in [9.17, 15) is 5.26 Å². The number of hydrogen-bond acceptors (Lipinski definition) is 5. The van der Waals surface area contributed by atoms with Crippen LogP contribution in [0, 0.1) is 11.3 Å². The minimum Gasteiger partial charge on any atom is -0.379 e. The monoisotopic (exact) mass is 327 g/mol. The summed E-state index contributed by atoms with van der Waals surface area (Å²) < 4.78 is 23.5. The number of nitrogens with zero attached hydrogens (tertiary/aromatic N) is 1. The van der Waals surface area contributed by atoms with E-state index < -0.39 is 6.10 Å². The van der Waals surface area contributed by atoms with E-state index in [1.54, 1.807) is 0 Å². The molecule has 1 aliphatic heterocycles. The van der Waals surface area contributed by atoms with Gasteiger partial charge in [-0.3, -0.25) is 0 Å². The lowest BCUT2D eigenvalue weighted by Crippen LogP contribution is -2.39. The van der Waals surface area contributed by atoms with Crippen molar-refractivity contribution in [2.24, 2.45) is 0 Å². The topological polar surface area (TPSA) is 60.7 Å². The molecule has 1 heterocycles. The predicted octanol–water partition coefficient (Wildman–Crippen LogP) is 3.46. The third-order valence-corrected chi connectivity index (χ3v) is 3.98. The van der Waals surface area contributed by atoms with Crippen LogP contribution in [0.4, 0.5) is 0 Å². The molecule has 0 spiro atoms. The van der Waals surface area contributed by atoms with Crippen LogP contribution in [0.1, 0.15) is 59.3 Å². The van der Waals surface area contributed by atoms with E-state index >= 15 is 0 Å². The molecule has 0 N–H and O–H groups in total. The van der Waals surface area contributed by atoms with Gasteiger partial charge in [-0.15, -0.1) is 0 Å². The first-order chi connectivity index (χ1) is 11.3. The van der Waals surface area contributed by atoms with Crippen molar-refractivity contribution in [3.05, 3.63) is 0 Å². The highest BCUT2D eigenvalue weighted by Gasteiger charge is 2.46. The van der Waals surface area contributed by atoms with Crippen molar-refractivity contribution in [3.63, 3.8) is 0 Å². The number of rotatable bonds is 13. The van der Waals surface area contributed by atoms with Crippen molar-refractivity contribution < 1.29 is 18.9 Å². The lowest BCUT2D eigenvalue weighted by Gasteiger charge is -2.23. The summed E-state index contributed by atoms with van der Waals surface area (Å²) in [6.07, 6.45) is 4.93. The SMILES string of the molecule is CCCCOC[C@H]1O[C@@H](C#N)[C@H](OCCCC)[C@@H]1OCCCC. The van der Waals surface area contributed by atoms with Crippen LogP contribution in [0.5, 0.6) is 0 Å². The summed E-state index contributed by atoms with van der Waals surface area (Å²) in [6, 6.07) is 2.21. The van der Waals surface area contributed by atoms with E-state index in [0.29, 0.717) is 19.8 Å². The second-order valence-corrected chi connectivity index (χ2v) is 6.03. The van der Waals surface area contributed by atoms with Gasteiger partial charge in [0.2, 0.25) is 0 Å². The minimum absolute atomic E-state index is 0.218. The molecule has 5 nitrogen and oxygen atoms in total. The number of ether oxygens (including phenoxy) is 4. The Bertz CT molecular complexity index is 331. The second-order valence-electron chi connectivity index (χ2n) is 6.03. The Morgan fingerprint density at radius 3 is 2.00 bits per heavy atom. The molecule has 134 valence electrons.